The highest BCUT2D eigenvalue weighted by atomic mass is 127. The number of fused-ring (bicyclic) bond motifs is 2. The van der Waals surface area contributed by atoms with Gasteiger partial charge in [0, 0.05) is 0 Å². The maximum atomic E-state index is 6.09. The number of rotatable bonds is 3. The number of benzene rings is 1. The van der Waals surface area contributed by atoms with Gasteiger partial charge in [-0.3, -0.25) is 0 Å². The van der Waals surface area contributed by atoms with Crippen molar-refractivity contribution >= 4 is 17.1 Å². The van der Waals surface area contributed by atoms with Gasteiger partial charge in [-0.1, -0.05) is 6.58 Å². The van der Waals surface area contributed by atoms with Crippen LogP contribution in [0.15, 0.2) is 29.2 Å². The molecule has 0 unspecified atom stereocenters. The molecule has 0 N–H and O–H groups in total. The van der Waals surface area contributed by atoms with E-state index in [1.807, 2.05) is 6.08 Å². The van der Waals surface area contributed by atoms with Crippen LogP contribution >= 0.6 is 0 Å². The normalized spacial score (nSPS) is 19.6. The molecule has 2 aliphatic rings. The third-order valence-electron chi connectivity index (χ3n) is 5.50. The summed E-state index contributed by atoms with van der Waals surface area (Å²) in [5.41, 5.74) is 4.90. The molecule has 0 atom stereocenters. The number of quaternary nitrogens is 1. The molecule has 130 valence electrons. The Labute approximate surface area is 161 Å². The molecule has 2 heterocycles. The SMILES string of the molecule is C=CC[N+]1(C)CCN(c2nc3cc4c(cc3o2)CCCC4)CC1.[I-]. The summed E-state index contributed by atoms with van der Waals surface area (Å²) in [5, 5.41) is 0. The minimum atomic E-state index is 0. The second-order valence-corrected chi connectivity index (χ2v) is 7.32. The number of likely N-dealkylation sites (N-methyl/N-ethyl adjacent to an activating group) is 1. The highest BCUT2D eigenvalue weighted by Gasteiger charge is 2.29. The van der Waals surface area contributed by atoms with Gasteiger partial charge in [0.2, 0.25) is 0 Å². The topological polar surface area (TPSA) is 29.3 Å². The lowest BCUT2D eigenvalue weighted by Crippen LogP contribution is -3.00. The van der Waals surface area contributed by atoms with Crippen LogP contribution in [0.3, 0.4) is 0 Å². The Kier molecular flexibility index (Phi) is 5.20. The minimum Gasteiger partial charge on any atom is -1.00 e. The Balaban J connectivity index is 0.00000169. The van der Waals surface area contributed by atoms with Crippen LogP contribution in [0.5, 0.6) is 0 Å². The summed E-state index contributed by atoms with van der Waals surface area (Å²) in [6.45, 7) is 9.14. The smallest absolute Gasteiger partial charge is 0.298 e. The number of anilines is 1. The van der Waals surface area contributed by atoms with Gasteiger partial charge in [-0.25, -0.2) is 0 Å². The fourth-order valence-corrected chi connectivity index (χ4v) is 3.91. The van der Waals surface area contributed by atoms with Crippen LogP contribution in [-0.2, 0) is 12.8 Å². The molecule has 1 aromatic heterocycles. The van der Waals surface area contributed by atoms with E-state index in [0.717, 1.165) is 54.3 Å². The molecule has 4 rings (SSSR count). The van der Waals surface area contributed by atoms with Crippen molar-refractivity contribution in [1.82, 2.24) is 4.98 Å². The molecule has 4 nitrogen and oxygen atoms in total. The van der Waals surface area contributed by atoms with Crippen LogP contribution in [0, 0.1) is 0 Å². The monoisotopic (exact) mass is 439 g/mol. The Bertz CT molecular complexity index is 689. The maximum Gasteiger partial charge on any atom is 0.298 e. The van der Waals surface area contributed by atoms with E-state index in [0.29, 0.717) is 0 Å². The molecule has 5 heteroatoms. The van der Waals surface area contributed by atoms with Crippen molar-refractivity contribution in [2.75, 3.05) is 44.7 Å². The molecule has 1 fully saturated rings. The van der Waals surface area contributed by atoms with E-state index in [-0.39, 0.29) is 24.0 Å². The molecule has 2 aromatic rings. The molecule has 0 spiro atoms. The summed E-state index contributed by atoms with van der Waals surface area (Å²) in [4.78, 5) is 7.06. The largest absolute Gasteiger partial charge is 1.00 e. The van der Waals surface area contributed by atoms with Crippen molar-refractivity contribution in [3.63, 3.8) is 0 Å². The predicted octanol–water partition coefficient (Wildman–Crippen LogP) is 0.163. The first-order chi connectivity index (χ1) is 11.2. The standard InChI is InChI=1S/C19H26N3O.HI/c1-3-10-22(2)11-8-21(9-12-22)19-20-17-13-15-6-4-5-7-16(15)14-18(17)23-19;/h3,13-14H,1,4-12H2,2H3;1H/q+1;/p-1. The minimum absolute atomic E-state index is 0. The van der Waals surface area contributed by atoms with Crippen LogP contribution in [0.1, 0.15) is 24.0 Å². The number of hydrogen-bond donors (Lipinski definition) is 0. The zero-order valence-corrected chi connectivity index (χ0v) is 16.6. The number of halogens is 1. The average molecular weight is 439 g/mol. The van der Waals surface area contributed by atoms with Crippen LogP contribution in [-0.4, -0.2) is 49.2 Å². The summed E-state index contributed by atoms with van der Waals surface area (Å²) in [7, 11) is 2.30. The molecular weight excluding hydrogens is 413 g/mol. The van der Waals surface area contributed by atoms with Gasteiger partial charge in [0.15, 0.2) is 5.58 Å². The number of aryl methyl sites for hydroxylation is 2. The Morgan fingerprint density at radius 3 is 2.54 bits per heavy atom. The zero-order chi connectivity index (χ0) is 15.9. The van der Waals surface area contributed by atoms with Crippen molar-refractivity contribution < 1.29 is 32.9 Å². The molecule has 1 saturated heterocycles. The van der Waals surface area contributed by atoms with Gasteiger partial charge in [-0.15, -0.1) is 0 Å². The van der Waals surface area contributed by atoms with Crippen molar-refractivity contribution in [3.05, 3.63) is 35.9 Å². The number of nitrogens with zero attached hydrogens (tertiary/aromatic N) is 3. The summed E-state index contributed by atoms with van der Waals surface area (Å²) >= 11 is 0. The molecule has 1 aliphatic carbocycles. The quantitative estimate of drug-likeness (QED) is 0.388. The highest BCUT2D eigenvalue weighted by Crippen LogP contribution is 2.30. The molecule has 0 amide bonds. The zero-order valence-electron chi connectivity index (χ0n) is 14.4. The van der Waals surface area contributed by atoms with Crippen LogP contribution in [0.2, 0.25) is 0 Å². The molecular formula is C19H26IN3O. The maximum absolute atomic E-state index is 6.09. The van der Waals surface area contributed by atoms with E-state index in [1.54, 1.807) is 0 Å². The molecule has 0 bridgehead atoms. The van der Waals surface area contributed by atoms with Crippen LogP contribution < -0.4 is 28.9 Å². The van der Waals surface area contributed by atoms with Crippen LogP contribution in [0.25, 0.3) is 11.1 Å². The van der Waals surface area contributed by atoms with Gasteiger partial charge in [-0.2, -0.15) is 4.98 Å². The molecule has 1 aromatic carbocycles. The predicted molar refractivity (Wildman–Crippen MR) is 93.8 cm³/mol. The van der Waals surface area contributed by atoms with Gasteiger partial charge in [-0.05, 0) is 55.0 Å². The van der Waals surface area contributed by atoms with E-state index >= 15 is 0 Å². The van der Waals surface area contributed by atoms with Gasteiger partial charge in [0.1, 0.15) is 5.52 Å². The molecule has 1 aliphatic heterocycles. The van der Waals surface area contributed by atoms with E-state index in [9.17, 15) is 0 Å². The lowest BCUT2D eigenvalue weighted by molar-refractivity contribution is -0.904. The van der Waals surface area contributed by atoms with E-state index in [2.05, 4.69) is 30.7 Å². The van der Waals surface area contributed by atoms with Gasteiger partial charge in [0.25, 0.3) is 6.01 Å². The fourth-order valence-electron chi connectivity index (χ4n) is 3.91. The summed E-state index contributed by atoms with van der Waals surface area (Å²) < 4.78 is 7.15. The number of piperazine rings is 1. The van der Waals surface area contributed by atoms with Crippen molar-refractivity contribution in [2.45, 2.75) is 25.7 Å². The fraction of sp³-hybridized carbons (Fsp3) is 0.526. The second-order valence-electron chi connectivity index (χ2n) is 7.32. The number of hydrogen-bond acceptors (Lipinski definition) is 3. The van der Waals surface area contributed by atoms with Gasteiger partial charge < -0.3 is 37.8 Å². The Morgan fingerprint density at radius 2 is 1.88 bits per heavy atom. The first kappa shape index (κ1) is 17.7. The summed E-state index contributed by atoms with van der Waals surface area (Å²) in [6, 6.07) is 5.27. The first-order valence-electron chi connectivity index (χ1n) is 8.79. The third-order valence-corrected chi connectivity index (χ3v) is 5.50. The third kappa shape index (κ3) is 3.33. The average Bonchev–Trinajstić information content (AvgIpc) is 2.96. The highest BCUT2D eigenvalue weighted by molar-refractivity contribution is 5.77. The Morgan fingerprint density at radius 1 is 1.21 bits per heavy atom. The van der Waals surface area contributed by atoms with Gasteiger partial charge in [0.05, 0.1) is 39.8 Å². The number of aromatic nitrogens is 1. The van der Waals surface area contributed by atoms with E-state index < -0.39 is 0 Å². The summed E-state index contributed by atoms with van der Waals surface area (Å²) in [5.74, 6) is 0. The molecule has 24 heavy (non-hydrogen) atoms. The summed E-state index contributed by atoms with van der Waals surface area (Å²) in [6.07, 6.45) is 7.00. The second kappa shape index (κ2) is 7.04. The lowest BCUT2D eigenvalue weighted by atomic mass is 9.91. The number of oxazole rings is 1. The van der Waals surface area contributed by atoms with Crippen LogP contribution in [0.4, 0.5) is 6.01 Å². The molecule has 0 radical (unpaired) electrons. The molecule has 0 saturated carbocycles. The first-order valence-corrected chi connectivity index (χ1v) is 8.79. The Hall–Kier alpha value is -1.08. The van der Waals surface area contributed by atoms with Crippen molar-refractivity contribution in [3.8, 4) is 0 Å². The van der Waals surface area contributed by atoms with Crippen molar-refractivity contribution in [2.24, 2.45) is 0 Å². The van der Waals surface area contributed by atoms with Gasteiger partial charge >= 0.3 is 0 Å². The van der Waals surface area contributed by atoms with Crippen molar-refractivity contribution in [1.29, 1.82) is 0 Å². The van der Waals surface area contributed by atoms with E-state index in [4.69, 9.17) is 9.40 Å². The lowest BCUT2D eigenvalue weighted by Gasteiger charge is -2.40. The van der Waals surface area contributed by atoms with E-state index in [1.165, 1.54) is 36.8 Å².